The number of urea groups is 1. The predicted molar refractivity (Wildman–Crippen MR) is 99.8 cm³/mol. The molecule has 2 heterocycles. The zero-order valence-corrected chi connectivity index (χ0v) is 15.4. The minimum atomic E-state index is -0.769. The first-order valence-corrected chi connectivity index (χ1v) is 9.71. The van der Waals surface area contributed by atoms with Gasteiger partial charge in [0.25, 0.3) is 5.91 Å². The molecule has 3 fully saturated rings. The number of imide groups is 1. The Morgan fingerprint density at radius 3 is 2.52 bits per heavy atom. The first-order valence-electron chi connectivity index (χ1n) is 9.71. The molecule has 0 aromatic heterocycles. The lowest BCUT2D eigenvalue weighted by Gasteiger charge is -2.22. The quantitative estimate of drug-likeness (QED) is 0.775. The highest BCUT2D eigenvalue weighted by molar-refractivity contribution is 6.09. The van der Waals surface area contributed by atoms with Gasteiger partial charge in [-0.05, 0) is 30.9 Å². The maximum absolute atomic E-state index is 12.8. The topological polar surface area (TPSA) is 95.7 Å². The molecule has 7 nitrogen and oxygen atoms in total. The van der Waals surface area contributed by atoms with Gasteiger partial charge in [-0.1, -0.05) is 43.2 Å². The van der Waals surface area contributed by atoms with E-state index in [1.54, 1.807) is 4.90 Å². The minimum absolute atomic E-state index is 0.181. The molecule has 2 atom stereocenters. The Morgan fingerprint density at radius 1 is 1.15 bits per heavy atom. The molecule has 3 N–H and O–H groups in total. The van der Waals surface area contributed by atoms with Crippen molar-refractivity contribution in [3.63, 3.8) is 0 Å². The maximum Gasteiger partial charge on any atom is 0.325 e. The molecule has 0 unspecified atom stereocenters. The van der Waals surface area contributed by atoms with Gasteiger partial charge in [-0.2, -0.15) is 0 Å². The smallest absolute Gasteiger partial charge is 0.325 e. The van der Waals surface area contributed by atoms with Gasteiger partial charge in [-0.15, -0.1) is 0 Å². The maximum atomic E-state index is 12.8. The van der Waals surface area contributed by atoms with Gasteiger partial charge >= 0.3 is 6.03 Å². The van der Waals surface area contributed by atoms with E-state index in [4.69, 9.17) is 5.73 Å². The van der Waals surface area contributed by atoms with Gasteiger partial charge in [0.15, 0.2) is 0 Å². The van der Waals surface area contributed by atoms with Crippen molar-refractivity contribution in [3.05, 3.63) is 35.9 Å². The van der Waals surface area contributed by atoms with E-state index in [2.05, 4.69) is 17.4 Å². The van der Waals surface area contributed by atoms with E-state index in [-0.39, 0.29) is 30.2 Å². The van der Waals surface area contributed by atoms with Crippen molar-refractivity contribution in [1.82, 2.24) is 15.1 Å². The molecule has 1 saturated carbocycles. The zero-order valence-electron chi connectivity index (χ0n) is 15.4. The summed E-state index contributed by atoms with van der Waals surface area (Å²) in [6.07, 6.45) is 3.18. The van der Waals surface area contributed by atoms with E-state index in [9.17, 15) is 14.4 Å². The Bertz CT molecular complexity index is 745. The molecule has 27 heavy (non-hydrogen) atoms. The van der Waals surface area contributed by atoms with Crippen LogP contribution >= 0.6 is 0 Å². The fourth-order valence-electron chi connectivity index (χ4n) is 4.76. The van der Waals surface area contributed by atoms with E-state index < -0.39 is 11.6 Å². The number of benzene rings is 1. The van der Waals surface area contributed by atoms with E-state index >= 15 is 0 Å². The van der Waals surface area contributed by atoms with Crippen LogP contribution in [0.15, 0.2) is 30.3 Å². The summed E-state index contributed by atoms with van der Waals surface area (Å²) < 4.78 is 0. The van der Waals surface area contributed by atoms with Crippen LogP contribution < -0.4 is 11.1 Å². The lowest BCUT2D eigenvalue weighted by Crippen LogP contribution is -2.45. The minimum Gasteiger partial charge on any atom is -0.340 e. The average molecular weight is 370 g/mol. The van der Waals surface area contributed by atoms with Gasteiger partial charge in [0, 0.05) is 19.0 Å². The molecule has 0 radical (unpaired) electrons. The first kappa shape index (κ1) is 18.0. The zero-order chi connectivity index (χ0) is 19.0. The Morgan fingerprint density at radius 2 is 1.85 bits per heavy atom. The Labute approximate surface area is 158 Å². The second-order valence-corrected chi connectivity index (χ2v) is 7.92. The predicted octanol–water partition coefficient (Wildman–Crippen LogP) is 1.05. The second kappa shape index (κ2) is 6.96. The highest BCUT2D eigenvalue weighted by Gasteiger charge is 2.53. The summed E-state index contributed by atoms with van der Waals surface area (Å²) in [6, 6.07) is 9.62. The third-order valence-electron chi connectivity index (χ3n) is 6.32. The van der Waals surface area contributed by atoms with Crippen LogP contribution in [0.3, 0.4) is 0 Å². The molecule has 2 aliphatic heterocycles. The van der Waals surface area contributed by atoms with Crippen LogP contribution in [0.4, 0.5) is 4.79 Å². The number of rotatable bonds is 4. The molecular formula is C20H26N4O3. The monoisotopic (exact) mass is 370 g/mol. The van der Waals surface area contributed by atoms with Gasteiger partial charge in [-0.25, -0.2) is 4.79 Å². The summed E-state index contributed by atoms with van der Waals surface area (Å²) in [6.45, 7) is 1.43. The number of carbonyl (C=O) groups is 3. The Balaban J connectivity index is 1.44. The number of hydrogen-bond donors (Lipinski definition) is 2. The van der Waals surface area contributed by atoms with Crippen molar-refractivity contribution < 1.29 is 14.4 Å². The Hall–Kier alpha value is -2.41. The summed E-state index contributed by atoms with van der Waals surface area (Å²) in [5.74, 6) is -0.0666. The molecule has 4 amide bonds. The Kier molecular flexibility index (Phi) is 4.63. The molecule has 7 heteroatoms. The fraction of sp³-hybridized carbons (Fsp3) is 0.550. The molecule has 4 rings (SSSR count). The molecule has 1 aromatic carbocycles. The normalized spacial score (nSPS) is 26.9. The number of nitrogens with zero attached hydrogens (tertiary/aromatic N) is 2. The van der Waals surface area contributed by atoms with Crippen LogP contribution in [0, 0.1) is 5.92 Å². The number of hydrogen-bond acceptors (Lipinski definition) is 4. The third-order valence-corrected chi connectivity index (χ3v) is 6.32. The summed E-state index contributed by atoms with van der Waals surface area (Å²) in [5.41, 5.74) is 6.34. The lowest BCUT2D eigenvalue weighted by atomic mass is 9.89. The van der Waals surface area contributed by atoms with Gasteiger partial charge in [0.05, 0.1) is 0 Å². The molecule has 144 valence electrons. The molecule has 1 aliphatic carbocycles. The highest BCUT2D eigenvalue weighted by Crippen LogP contribution is 2.36. The number of likely N-dealkylation sites (tertiary alicyclic amines) is 1. The fourth-order valence-corrected chi connectivity index (χ4v) is 4.76. The molecule has 2 saturated heterocycles. The first-order chi connectivity index (χ1) is 13.0. The number of carbonyl (C=O) groups excluding carboxylic acids is 3. The number of amides is 4. The average Bonchev–Trinajstić information content (AvgIpc) is 3.38. The highest BCUT2D eigenvalue weighted by atomic mass is 16.2. The standard InChI is InChI=1S/C20H26N4O3/c21-10-15-11-23(12-16(15)14-6-2-1-3-7-14)17(25)13-24-18(26)20(22-19(24)27)8-4-5-9-20/h1-3,6-7,15-16H,4-5,8-13,21H2,(H,22,27)/t15-,16+/m1/s1. The molecular weight excluding hydrogens is 344 g/mol. The molecule has 1 spiro atoms. The van der Waals surface area contributed by atoms with Crippen molar-refractivity contribution >= 4 is 17.8 Å². The van der Waals surface area contributed by atoms with Crippen LogP contribution in [-0.4, -0.2) is 59.4 Å². The third kappa shape index (κ3) is 3.10. The van der Waals surface area contributed by atoms with Crippen LogP contribution in [0.2, 0.25) is 0 Å². The van der Waals surface area contributed by atoms with Crippen LogP contribution in [0.1, 0.15) is 37.2 Å². The summed E-state index contributed by atoms with van der Waals surface area (Å²) >= 11 is 0. The van der Waals surface area contributed by atoms with Gasteiger partial charge < -0.3 is 16.0 Å². The number of nitrogens with one attached hydrogen (secondary N) is 1. The number of nitrogens with two attached hydrogens (primary N) is 1. The largest absolute Gasteiger partial charge is 0.340 e. The van der Waals surface area contributed by atoms with Crippen molar-refractivity contribution in [2.75, 3.05) is 26.2 Å². The second-order valence-electron chi connectivity index (χ2n) is 7.92. The molecule has 0 bridgehead atoms. The van der Waals surface area contributed by atoms with E-state index in [0.29, 0.717) is 32.5 Å². The van der Waals surface area contributed by atoms with Crippen molar-refractivity contribution in [1.29, 1.82) is 0 Å². The van der Waals surface area contributed by atoms with Crippen molar-refractivity contribution in [2.45, 2.75) is 37.1 Å². The molecule has 1 aromatic rings. The molecule has 3 aliphatic rings. The van der Waals surface area contributed by atoms with Gasteiger partial charge in [0.2, 0.25) is 5.91 Å². The van der Waals surface area contributed by atoms with Crippen LogP contribution in [0.25, 0.3) is 0 Å². The van der Waals surface area contributed by atoms with Gasteiger partial charge in [-0.3, -0.25) is 14.5 Å². The summed E-state index contributed by atoms with van der Waals surface area (Å²) in [7, 11) is 0. The van der Waals surface area contributed by atoms with E-state index in [0.717, 1.165) is 17.7 Å². The summed E-state index contributed by atoms with van der Waals surface area (Å²) in [5, 5.41) is 2.83. The lowest BCUT2D eigenvalue weighted by molar-refractivity contribution is -0.138. The van der Waals surface area contributed by atoms with Crippen molar-refractivity contribution in [3.8, 4) is 0 Å². The van der Waals surface area contributed by atoms with Gasteiger partial charge in [0.1, 0.15) is 12.1 Å². The summed E-state index contributed by atoms with van der Waals surface area (Å²) in [4.78, 5) is 40.7. The van der Waals surface area contributed by atoms with E-state index in [1.165, 1.54) is 5.56 Å². The van der Waals surface area contributed by atoms with Crippen molar-refractivity contribution in [2.24, 2.45) is 11.7 Å². The SMILES string of the molecule is NC[C@@H]1CN(C(=O)CN2C(=O)NC3(CCCC3)C2=O)C[C@H]1c1ccccc1. The van der Waals surface area contributed by atoms with Crippen LogP contribution in [0.5, 0.6) is 0 Å². The van der Waals surface area contributed by atoms with E-state index in [1.807, 2.05) is 18.2 Å². The van der Waals surface area contributed by atoms with Crippen LogP contribution in [-0.2, 0) is 9.59 Å².